The number of aromatic hydroxyl groups is 1. The molecule has 2 heterocycles. The van der Waals surface area contributed by atoms with Gasteiger partial charge in [0.15, 0.2) is 0 Å². The van der Waals surface area contributed by atoms with Gasteiger partial charge in [-0.1, -0.05) is 35.3 Å². The second kappa shape index (κ2) is 4.97. The van der Waals surface area contributed by atoms with Crippen molar-refractivity contribution in [2.45, 2.75) is 6.04 Å². The van der Waals surface area contributed by atoms with E-state index in [1.807, 2.05) is 42.6 Å². The van der Waals surface area contributed by atoms with E-state index in [2.05, 4.69) is 9.88 Å². The Bertz CT molecular complexity index is 873. The number of para-hydroxylation sites is 2. The predicted octanol–water partition coefficient (Wildman–Crippen LogP) is 5.00. The van der Waals surface area contributed by atoms with Crippen molar-refractivity contribution in [3.63, 3.8) is 0 Å². The molecule has 1 atom stereocenters. The molecule has 3 nitrogen and oxygen atoms in total. The van der Waals surface area contributed by atoms with Gasteiger partial charge >= 0.3 is 0 Å². The molecule has 0 fully saturated rings. The molecule has 1 aliphatic rings. The third kappa shape index (κ3) is 1.97. The van der Waals surface area contributed by atoms with Crippen LogP contribution in [0.2, 0.25) is 10.0 Å². The molecule has 3 aromatic rings. The SMILES string of the molecule is Oc1c(Cl)cc(Cl)cc1[C@H]1Nc2ccccc2-n2cccc21. The summed E-state index contributed by atoms with van der Waals surface area (Å²) in [5, 5.41) is 14.5. The van der Waals surface area contributed by atoms with Crippen LogP contribution in [0.4, 0.5) is 5.69 Å². The molecule has 0 spiro atoms. The summed E-state index contributed by atoms with van der Waals surface area (Å²) in [6.45, 7) is 0. The second-order valence-corrected chi connectivity index (χ2v) is 6.07. The van der Waals surface area contributed by atoms with E-state index in [4.69, 9.17) is 23.2 Å². The van der Waals surface area contributed by atoms with E-state index in [0.717, 1.165) is 17.1 Å². The fraction of sp³-hybridized carbons (Fsp3) is 0.0588. The molecule has 2 N–H and O–H groups in total. The van der Waals surface area contributed by atoms with Gasteiger partial charge in [-0.2, -0.15) is 0 Å². The lowest BCUT2D eigenvalue weighted by Crippen LogP contribution is -2.22. The number of anilines is 1. The number of phenols is 1. The van der Waals surface area contributed by atoms with Gasteiger partial charge in [0.05, 0.1) is 22.4 Å². The van der Waals surface area contributed by atoms with E-state index < -0.39 is 0 Å². The topological polar surface area (TPSA) is 37.2 Å². The summed E-state index contributed by atoms with van der Waals surface area (Å²) in [5.74, 6) is 0.0516. The number of halogens is 2. The molecule has 2 aromatic carbocycles. The highest BCUT2D eigenvalue weighted by Crippen LogP contribution is 2.42. The summed E-state index contributed by atoms with van der Waals surface area (Å²) in [5.41, 5.74) is 3.75. The lowest BCUT2D eigenvalue weighted by molar-refractivity contribution is 0.466. The van der Waals surface area contributed by atoms with Crippen LogP contribution in [-0.2, 0) is 0 Å². The minimum absolute atomic E-state index is 0.0516. The first-order valence-corrected chi connectivity index (χ1v) is 7.62. The molecule has 0 bridgehead atoms. The lowest BCUT2D eigenvalue weighted by atomic mass is 9.99. The number of nitrogens with zero attached hydrogens (tertiary/aromatic N) is 1. The number of hydrogen-bond donors (Lipinski definition) is 2. The molecule has 1 aromatic heterocycles. The maximum absolute atomic E-state index is 10.3. The first-order valence-electron chi connectivity index (χ1n) is 6.86. The Kier molecular flexibility index (Phi) is 3.06. The highest BCUT2D eigenvalue weighted by molar-refractivity contribution is 6.35. The molecular formula is C17H12Cl2N2O. The Hall–Kier alpha value is -2.10. The van der Waals surface area contributed by atoms with Crippen molar-refractivity contribution < 1.29 is 5.11 Å². The predicted molar refractivity (Wildman–Crippen MR) is 89.4 cm³/mol. The Morgan fingerprint density at radius 1 is 1.05 bits per heavy atom. The number of benzene rings is 2. The molecule has 110 valence electrons. The van der Waals surface area contributed by atoms with Crippen LogP contribution in [0.1, 0.15) is 17.3 Å². The smallest absolute Gasteiger partial charge is 0.139 e. The van der Waals surface area contributed by atoms with E-state index in [9.17, 15) is 5.11 Å². The highest BCUT2D eigenvalue weighted by Gasteiger charge is 2.27. The monoisotopic (exact) mass is 330 g/mol. The number of phenolic OH excluding ortho intramolecular Hbond substituents is 1. The van der Waals surface area contributed by atoms with E-state index in [1.165, 1.54) is 6.07 Å². The first-order chi connectivity index (χ1) is 10.6. The molecular weight excluding hydrogens is 319 g/mol. The van der Waals surface area contributed by atoms with Gasteiger partial charge < -0.3 is 15.0 Å². The van der Waals surface area contributed by atoms with Crippen LogP contribution in [-0.4, -0.2) is 9.67 Å². The number of fused-ring (bicyclic) bond motifs is 3. The maximum atomic E-state index is 10.3. The average molecular weight is 331 g/mol. The Morgan fingerprint density at radius 2 is 1.86 bits per heavy atom. The van der Waals surface area contributed by atoms with Gasteiger partial charge in [0.2, 0.25) is 0 Å². The maximum Gasteiger partial charge on any atom is 0.139 e. The van der Waals surface area contributed by atoms with E-state index >= 15 is 0 Å². The number of rotatable bonds is 1. The average Bonchev–Trinajstić information content (AvgIpc) is 3.00. The van der Waals surface area contributed by atoms with Gasteiger partial charge in [-0.05, 0) is 36.4 Å². The van der Waals surface area contributed by atoms with Gasteiger partial charge in [0.1, 0.15) is 5.75 Å². The van der Waals surface area contributed by atoms with Crippen molar-refractivity contribution in [1.29, 1.82) is 0 Å². The van der Waals surface area contributed by atoms with Crippen LogP contribution in [0.15, 0.2) is 54.7 Å². The molecule has 0 radical (unpaired) electrons. The van der Waals surface area contributed by atoms with Crippen LogP contribution in [0.25, 0.3) is 5.69 Å². The van der Waals surface area contributed by atoms with Crippen LogP contribution >= 0.6 is 23.2 Å². The molecule has 4 rings (SSSR count). The van der Waals surface area contributed by atoms with Gasteiger partial charge in [-0.3, -0.25) is 0 Å². The summed E-state index contributed by atoms with van der Waals surface area (Å²) in [6.07, 6.45) is 2.01. The van der Waals surface area contributed by atoms with Gasteiger partial charge in [-0.25, -0.2) is 0 Å². The van der Waals surface area contributed by atoms with Crippen molar-refractivity contribution in [2.24, 2.45) is 0 Å². The molecule has 22 heavy (non-hydrogen) atoms. The number of aromatic nitrogens is 1. The van der Waals surface area contributed by atoms with E-state index in [1.54, 1.807) is 6.07 Å². The zero-order valence-corrected chi connectivity index (χ0v) is 12.9. The van der Waals surface area contributed by atoms with Gasteiger partial charge in [0.25, 0.3) is 0 Å². The van der Waals surface area contributed by atoms with Crippen molar-refractivity contribution in [3.8, 4) is 11.4 Å². The molecule has 0 aliphatic carbocycles. The van der Waals surface area contributed by atoms with Crippen LogP contribution < -0.4 is 5.32 Å². The summed E-state index contributed by atoms with van der Waals surface area (Å²) in [7, 11) is 0. The Labute approximate surface area is 137 Å². The Morgan fingerprint density at radius 3 is 2.73 bits per heavy atom. The third-order valence-corrected chi connectivity index (χ3v) is 4.41. The highest BCUT2D eigenvalue weighted by atomic mass is 35.5. The van der Waals surface area contributed by atoms with Crippen molar-refractivity contribution in [3.05, 3.63) is 76.0 Å². The van der Waals surface area contributed by atoms with Crippen molar-refractivity contribution in [1.82, 2.24) is 4.57 Å². The van der Waals surface area contributed by atoms with E-state index in [0.29, 0.717) is 10.6 Å². The van der Waals surface area contributed by atoms with Gasteiger partial charge in [-0.15, -0.1) is 0 Å². The van der Waals surface area contributed by atoms with E-state index in [-0.39, 0.29) is 16.8 Å². The third-order valence-electron chi connectivity index (χ3n) is 3.91. The largest absolute Gasteiger partial charge is 0.506 e. The first kappa shape index (κ1) is 13.6. The van der Waals surface area contributed by atoms with Crippen molar-refractivity contribution in [2.75, 3.05) is 5.32 Å². The molecule has 0 unspecified atom stereocenters. The fourth-order valence-electron chi connectivity index (χ4n) is 2.93. The zero-order chi connectivity index (χ0) is 15.3. The molecule has 0 saturated heterocycles. The molecule has 1 aliphatic heterocycles. The lowest BCUT2D eigenvalue weighted by Gasteiger charge is -2.30. The number of hydrogen-bond acceptors (Lipinski definition) is 2. The van der Waals surface area contributed by atoms with Crippen LogP contribution in [0.5, 0.6) is 5.75 Å². The molecule has 5 heteroatoms. The summed E-state index contributed by atoms with van der Waals surface area (Å²) < 4.78 is 2.10. The standard InChI is InChI=1S/C17H12Cl2N2O/c18-10-8-11(17(22)12(19)9-10)16-15-6-3-7-21(15)14-5-2-1-4-13(14)20-16/h1-9,16,20,22H/t16-/m1/s1. The summed E-state index contributed by atoms with van der Waals surface area (Å²) in [4.78, 5) is 0. The fourth-order valence-corrected chi connectivity index (χ4v) is 3.44. The quantitative estimate of drug-likeness (QED) is 0.658. The molecule has 0 saturated carbocycles. The second-order valence-electron chi connectivity index (χ2n) is 5.22. The minimum Gasteiger partial charge on any atom is -0.506 e. The van der Waals surface area contributed by atoms with Crippen LogP contribution in [0.3, 0.4) is 0 Å². The normalized spacial score (nSPS) is 15.8. The van der Waals surface area contributed by atoms with Crippen molar-refractivity contribution >= 4 is 28.9 Å². The molecule has 0 amide bonds. The van der Waals surface area contributed by atoms with Crippen LogP contribution in [0, 0.1) is 0 Å². The Balaban J connectivity index is 1.93. The van der Waals surface area contributed by atoms with Gasteiger partial charge in [0, 0.05) is 22.5 Å². The summed E-state index contributed by atoms with van der Waals surface area (Å²) in [6, 6.07) is 15.1. The minimum atomic E-state index is -0.221. The summed E-state index contributed by atoms with van der Waals surface area (Å²) >= 11 is 12.2. The number of nitrogens with one attached hydrogen (secondary N) is 1. The zero-order valence-electron chi connectivity index (χ0n) is 11.4.